The van der Waals surface area contributed by atoms with Crippen LogP contribution in [0.25, 0.3) is 22.0 Å². The Balaban J connectivity index is 2.22. The summed E-state index contributed by atoms with van der Waals surface area (Å²) in [5, 5.41) is 0.710. The molecule has 0 atom stereocenters. The molecular weight excluding hydrogens is 383 g/mol. The first-order chi connectivity index (χ1) is 13.2. The summed E-state index contributed by atoms with van der Waals surface area (Å²) < 4.78 is 42.7. The average molecular weight is 404 g/mol. The van der Waals surface area contributed by atoms with Gasteiger partial charge >= 0.3 is 5.97 Å². The highest BCUT2D eigenvalue weighted by Crippen LogP contribution is 2.35. The van der Waals surface area contributed by atoms with Crippen LogP contribution >= 0.6 is 0 Å². The molecular formula is C20H21FN2O4S. The predicted octanol–water partition coefficient (Wildman–Crippen LogP) is 3.15. The van der Waals surface area contributed by atoms with Crippen molar-refractivity contribution in [3.8, 4) is 11.1 Å². The van der Waals surface area contributed by atoms with E-state index in [0.29, 0.717) is 22.0 Å². The fourth-order valence-corrected chi connectivity index (χ4v) is 4.01. The summed E-state index contributed by atoms with van der Waals surface area (Å²) in [6.45, 7) is 2.16. The number of benzene rings is 2. The van der Waals surface area contributed by atoms with Crippen molar-refractivity contribution in [3.05, 3.63) is 59.0 Å². The normalized spacial score (nSPS) is 11.7. The van der Waals surface area contributed by atoms with Gasteiger partial charge in [0.25, 0.3) is 0 Å². The van der Waals surface area contributed by atoms with Crippen molar-refractivity contribution in [3.63, 3.8) is 0 Å². The average Bonchev–Trinajstić information content (AvgIpc) is 3.02. The Morgan fingerprint density at radius 3 is 2.57 bits per heavy atom. The number of aromatic amines is 1. The van der Waals surface area contributed by atoms with Gasteiger partial charge in [0.15, 0.2) is 9.84 Å². The molecule has 0 aliphatic heterocycles. The van der Waals surface area contributed by atoms with Gasteiger partial charge in [-0.1, -0.05) is 30.3 Å². The van der Waals surface area contributed by atoms with Crippen LogP contribution in [-0.2, 0) is 26.9 Å². The lowest BCUT2D eigenvalue weighted by atomic mass is 9.99. The molecule has 8 heteroatoms. The SMILES string of the molecule is CCOC(=O)c1[nH]c2c(CN)cccc2c1-c1ccc(CS(C)(=O)=O)c(F)c1. The third-order valence-electron chi connectivity index (χ3n) is 4.38. The highest BCUT2D eigenvalue weighted by atomic mass is 32.2. The van der Waals surface area contributed by atoms with Crippen LogP contribution in [-0.4, -0.2) is 32.2 Å². The van der Waals surface area contributed by atoms with Crippen LogP contribution in [0, 0.1) is 5.82 Å². The number of aromatic nitrogens is 1. The molecule has 2 aromatic carbocycles. The number of H-pyrrole nitrogens is 1. The molecule has 0 radical (unpaired) electrons. The molecule has 3 N–H and O–H groups in total. The molecule has 0 aliphatic carbocycles. The number of hydrogen-bond donors (Lipinski definition) is 2. The molecule has 148 valence electrons. The standard InChI is InChI=1S/C20H21FN2O4S/c1-3-27-20(24)19-17(15-6-4-5-13(10-22)18(15)23-19)12-7-8-14(16(21)9-12)11-28(2,25)26/h4-9,23H,3,10-11,22H2,1-2H3. The van der Waals surface area contributed by atoms with Gasteiger partial charge in [0.2, 0.25) is 0 Å². The summed E-state index contributed by atoms with van der Waals surface area (Å²) in [6.07, 6.45) is 1.05. The zero-order valence-corrected chi connectivity index (χ0v) is 16.4. The van der Waals surface area contributed by atoms with E-state index in [-0.39, 0.29) is 24.4 Å². The number of carbonyl (C=O) groups excluding carboxylic acids is 1. The summed E-state index contributed by atoms with van der Waals surface area (Å²) in [5.41, 5.74) is 8.51. The van der Waals surface area contributed by atoms with Gasteiger partial charge in [-0.15, -0.1) is 0 Å². The number of fused-ring (bicyclic) bond motifs is 1. The smallest absolute Gasteiger partial charge is 0.355 e. The molecule has 28 heavy (non-hydrogen) atoms. The minimum absolute atomic E-state index is 0.0754. The summed E-state index contributed by atoms with van der Waals surface area (Å²) in [7, 11) is -3.37. The van der Waals surface area contributed by atoms with Crippen LogP contribution in [0.15, 0.2) is 36.4 Å². The van der Waals surface area contributed by atoms with Gasteiger partial charge in [-0.3, -0.25) is 0 Å². The van der Waals surface area contributed by atoms with Crippen molar-refractivity contribution >= 4 is 26.7 Å². The van der Waals surface area contributed by atoms with Crippen LogP contribution in [0.5, 0.6) is 0 Å². The molecule has 0 fully saturated rings. The maximum Gasteiger partial charge on any atom is 0.355 e. The van der Waals surface area contributed by atoms with E-state index in [9.17, 15) is 17.6 Å². The summed E-state index contributed by atoms with van der Waals surface area (Å²) in [6, 6.07) is 9.72. The molecule has 0 saturated carbocycles. The van der Waals surface area contributed by atoms with Crippen LogP contribution in [0.4, 0.5) is 4.39 Å². The number of rotatable bonds is 6. The van der Waals surface area contributed by atoms with Crippen molar-refractivity contribution in [1.82, 2.24) is 4.98 Å². The molecule has 0 spiro atoms. The van der Waals surface area contributed by atoms with Crippen molar-refractivity contribution < 1.29 is 22.3 Å². The van der Waals surface area contributed by atoms with Crippen molar-refractivity contribution in [2.75, 3.05) is 12.9 Å². The first-order valence-electron chi connectivity index (χ1n) is 8.72. The largest absolute Gasteiger partial charge is 0.461 e. The second-order valence-corrected chi connectivity index (χ2v) is 8.66. The van der Waals surface area contributed by atoms with Gasteiger partial charge in [0, 0.05) is 29.3 Å². The molecule has 0 saturated heterocycles. The topological polar surface area (TPSA) is 102 Å². The van der Waals surface area contributed by atoms with Gasteiger partial charge in [0.05, 0.1) is 17.9 Å². The van der Waals surface area contributed by atoms with Crippen LogP contribution in [0.2, 0.25) is 0 Å². The molecule has 0 aliphatic rings. The van der Waals surface area contributed by atoms with Crippen molar-refractivity contribution in [2.24, 2.45) is 5.73 Å². The predicted molar refractivity (Wildman–Crippen MR) is 106 cm³/mol. The Morgan fingerprint density at radius 1 is 1.21 bits per heavy atom. The Kier molecular flexibility index (Phi) is 5.53. The molecule has 0 unspecified atom stereocenters. The summed E-state index contributed by atoms with van der Waals surface area (Å²) in [5.74, 6) is -1.60. The number of nitrogens with one attached hydrogen (secondary N) is 1. The summed E-state index contributed by atoms with van der Waals surface area (Å²) in [4.78, 5) is 15.6. The highest BCUT2D eigenvalue weighted by molar-refractivity contribution is 7.89. The van der Waals surface area contributed by atoms with Crippen molar-refractivity contribution in [1.29, 1.82) is 0 Å². The Morgan fingerprint density at radius 2 is 1.96 bits per heavy atom. The molecule has 0 bridgehead atoms. The molecule has 1 aromatic heterocycles. The lowest BCUT2D eigenvalue weighted by molar-refractivity contribution is 0.0521. The van der Waals surface area contributed by atoms with Crippen molar-refractivity contribution in [2.45, 2.75) is 19.2 Å². The Bertz CT molecular complexity index is 1150. The maximum absolute atomic E-state index is 14.6. The number of hydrogen-bond acceptors (Lipinski definition) is 5. The lowest BCUT2D eigenvalue weighted by Gasteiger charge is -2.08. The van der Waals surface area contributed by atoms with Gasteiger partial charge in [0.1, 0.15) is 11.5 Å². The zero-order chi connectivity index (χ0) is 20.5. The zero-order valence-electron chi connectivity index (χ0n) is 15.6. The highest BCUT2D eigenvalue weighted by Gasteiger charge is 2.22. The third-order valence-corrected chi connectivity index (χ3v) is 5.21. The molecule has 3 rings (SSSR count). The molecule has 6 nitrogen and oxygen atoms in total. The first-order valence-corrected chi connectivity index (χ1v) is 10.8. The fourth-order valence-electron chi connectivity index (χ4n) is 3.21. The van der Waals surface area contributed by atoms with E-state index in [1.807, 2.05) is 18.2 Å². The van der Waals surface area contributed by atoms with Gasteiger partial charge in [-0.25, -0.2) is 17.6 Å². The van der Waals surface area contributed by atoms with Crippen LogP contribution < -0.4 is 5.73 Å². The Labute approximate surface area is 162 Å². The maximum atomic E-state index is 14.6. The van der Waals surface area contributed by atoms with E-state index in [1.165, 1.54) is 12.1 Å². The van der Waals surface area contributed by atoms with E-state index >= 15 is 0 Å². The molecule has 3 aromatic rings. The van der Waals surface area contributed by atoms with Gasteiger partial charge in [-0.2, -0.15) is 0 Å². The van der Waals surface area contributed by atoms with E-state index in [0.717, 1.165) is 11.8 Å². The number of ether oxygens (including phenoxy) is 1. The van der Waals surface area contributed by atoms with E-state index in [2.05, 4.69) is 4.98 Å². The van der Waals surface area contributed by atoms with E-state index in [1.54, 1.807) is 13.0 Å². The minimum Gasteiger partial charge on any atom is -0.461 e. The lowest BCUT2D eigenvalue weighted by Crippen LogP contribution is -2.07. The van der Waals surface area contributed by atoms with E-state index < -0.39 is 27.4 Å². The third kappa shape index (κ3) is 3.93. The quantitative estimate of drug-likeness (QED) is 0.615. The number of sulfone groups is 1. The minimum atomic E-state index is -3.37. The monoisotopic (exact) mass is 404 g/mol. The number of para-hydroxylation sites is 1. The van der Waals surface area contributed by atoms with Gasteiger partial charge in [-0.05, 0) is 24.1 Å². The van der Waals surface area contributed by atoms with Gasteiger partial charge < -0.3 is 15.5 Å². The fraction of sp³-hybridized carbons (Fsp3) is 0.250. The number of nitrogens with two attached hydrogens (primary N) is 1. The number of esters is 1. The number of carbonyl (C=O) groups is 1. The second kappa shape index (κ2) is 7.73. The first kappa shape index (κ1) is 20.0. The Hall–Kier alpha value is -2.71. The summed E-state index contributed by atoms with van der Waals surface area (Å²) >= 11 is 0. The van der Waals surface area contributed by atoms with Crippen LogP contribution in [0.1, 0.15) is 28.5 Å². The van der Waals surface area contributed by atoms with Crippen LogP contribution in [0.3, 0.4) is 0 Å². The molecule has 1 heterocycles. The van der Waals surface area contributed by atoms with E-state index in [4.69, 9.17) is 10.5 Å². The number of halogens is 1. The second-order valence-electron chi connectivity index (χ2n) is 6.52. The molecule has 0 amide bonds.